The smallest absolute Gasteiger partial charge is 0.0241 e. The molecular formula is C27H42. The molecule has 0 aliphatic heterocycles. The van der Waals surface area contributed by atoms with Crippen molar-refractivity contribution in [3.05, 3.63) is 47.0 Å². The molecule has 1 saturated carbocycles. The van der Waals surface area contributed by atoms with Crippen LogP contribution in [-0.2, 0) is 6.42 Å². The highest BCUT2D eigenvalue weighted by atomic mass is 14.3. The molecule has 27 heavy (non-hydrogen) atoms. The Hall–Kier alpha value is -1.04. The van der Waals surface area contributed by atoms with Crippen molar-refractivity contribution in [1.29, 1.82) is 0 Å². The van der Waals surface area contributed by atoms with Crippen molar-refractivity contribution in [2.45, 2.75) is 104 Å². The Labute approximate surface area is 168 Å². The summed E-state index contributed by atoms with van der Waals surface area (Å²) in [4.78, 5) is 0. The van der Waals surface area contributed by atoms with E-state index in [9.17, 15) is 0 Å². The summed E-state index contributed by atoms with van der Waals surface area (Å²) in [6, 6.07) is 9.10. The molecule has 0 aromatic heterocycles. The molecule has 150 valence electrons. The predicted octanol–water partition coefficient (Wildman–Crippen LogP) is 8.43. The lowest BCUT2D eigenvalue weighted by Gasteiger charge is -2.30. The summed E-state index contributed by atoms with van der Waals surface area (Å²) in [5, 5.41) is 0. The Bertz CT molecular complexity index is 556. The van der Waals surface area contributed by atoms with E-state index in [0.29, 0.717) is 0 Å². The number of benzene rings is 1. The molecule has 1 unspecified atom stereocenters. The van der Waals surface area contributed by atoms with E-state index in [-0.39, 0.29) is 0 Å². The number of allylic oxidation sites excluding steroid dienone is 2. The quantitative estimate of drug-likeness (QED) is 0.385. The van der Waals surface area contributed by atoms with Gasteiger partial charge in [0.2, 0.25) is 0 Å². The van der Waals surface area contributed by atoms with E-state index >= 15 is 0 Å². The molecule has 0 bridgehead atoms. The predicted molar refractivity (Wildman–Crippen MR) is 119 cm³/mol. The van der Waals surface area contributed by atoms with Crippen LogP contribution in [0.4, 0.5) is 0 Å². The first-order chi connectivity index (χ1) is 13.2. The van der Waals surface area contributed by atoms with Crippen molar-refractivity contribution in [3.8, 4) is 0 Å². The Morgan fingerprint density at radius 3 is 2.07 bits per heavy atom. The van der Waals surface area contributed by atoms with Crippen LogP contribution in [0.15, 0.2) is 35.9 Å². The van der Waals surface area contributed by atoms with Gasteiger partial charge in [-0.3, -0.25) is 0 Å². The van der Waals surface area contributed by atoms with Crippen molar-refractivity contribution >= 4 is 0 Å². The number of hydrogen-bond donors (Lipinski definition) is 0. The lowest BCUT2D eigenvalue weighted by Crippen LogP contribution is -2.16. The van der Waals surface area contributed by atoms with E-state index in [1.54, 1.807) is 5.57 Å². The highest BCUT2D eigenvalue weighted by Crippen LogP contribution is 2.37. The SMILES string of the molecule is CCCCC1CCC(CCC2CC=C(CCc3ccc(C)cc3)CC2)CC1. The van der Waals surface area contributed by atoms with Gasteiger partial charge in [-0.25, -0.2) is 0 Å². The second-order valence-corrected chi connectivity index (χ2v) is 9.59. The van der Waals surface area contributed by atoms with Gasteiger partial charge in [-0.1, -0.05) is 99.8 Å². The van der Waals surface area contributed by atoms with Gasteiger partial charge in [0.05, 0.1) is 0 Å². The normalized spacial score (nSPS) is 26.0. The highest BCUT2D eigenvalue weighted by molar-refractivity contribution is 5.22. The van der Waals surface area contributed by atoms with Crippen LogP contribution in [0, 0.1) is 24.7 Å². The maximum atomic E-state index is 2.60. The number of hydrogen-bond acceptors (Lipinski definition) is 0. The van der Waals surface area contributed by atoms with Gasteiger partial charge in [-0.15, -0.1) is 0 Å². The van der Waals surface area contributed by atoms with E-state index in [0.717, 1.165) is 17.8 Å². The fraction of sp³-hybridized carbons (Fsp3) is 0.704. The van der Waals surface area contributed by atoms with Gasteiger partial charge in [0.15, 0.2) is 0 Å². The first-order valence-corrected chi connectivity index (χ1v) is 12.0. The second-order valence-electron chi connectivity index (χ2n) is 9.59. The van der Waals surface area contributed by atoms with Gasteiger partial charge in [0.1, 0.15) is 0 Å². The van der Waals surface area contributed by atoms with Gasteiger partial charge in [0.25, 0.3) is 0 Å². The van der Waals surface area contributed by atoms with Gasteiger partial charge >= 0.3 is 0 Å². The van der Waals surface area contributed by atoms with Crippen molar-refractivity contribution in [1.82, 2.24) is 0 Å². The summed E-state index contributed by atoms with van der Waals surface area (Å²) in [5.41, 5.74) is 4.59. The molecule has 1 aromatic carbocycles. The average Bonchev–Trinajstić information content (AvgIpc) is 2.72. The van der Waals surface area contributed by atoms with Crippen molar-refractivity contribution in [2.24, 2.45) is 17.8 Å². The minimum atomic E-state index is 0.978. The monoisotopic (exact) mass is 366 g/mol. The molecule has 0 saturated heterocycles. The highest BCUT2D eigenvalue weighted by Gasteiger charge is 2.22. The summed E-state index contributed by atoms with van der Waals surface area (Å²) in [5.74, 6) is 3.09. The zero-order valence-electron chi connectivity index (χ0n) is 18.0. The Morgan fingerprint density at radius 1 is 0.778 bits per heavy atom. The van der Waals surface area contributed by atoms with Crippen LogP contribution < -0.4 is 0 Å². The molecule has 3 rings (SSSR count). The lowest BCUT2D eigenvalue weighted by atomic mass is 9.76. The number of aryl methyl sites for hydroxylation is 2. The van der Waals surface area contributed by atoms with Gasteiger partial charge in [-0.05, 0) is 68.8 Å². The maximum Gasteiger partial charge on any atom is -0.0241 e. The average molecular weight is 367 g/mol. The zero-order valence-corrected chi connectivity index (χ0v) is 18.0. The molecule has 0 nitrogen and oxygen atoms in total. The van der Waals surface area contributed by atoms with Crippen molar-refractivity contribution in [2.75, 3.05) is 0 Å². The van der Waals surface area contributed by atoms with Crippen LogP contribution in [0.2, 0.25) is 0 Å². The van der Waals surface area contributed by atoms with E-state index in [2.05, 4.69) is 44.2 Å². The first kappa shape index (κ1) is 20.7. The van der Waals surface area contributed by atoms with Crippen LogP contribution in [0.3, 0.4) is 0 Å². The molecule has 0 N–H and O–H groups in total. The van der Waals surface area contributed by atoms with Crippen LogP contribution >= 0.6 is 0 Å². The third kappa shape index (κ3) is 7.13. The molecule has 1 aromatic rings. The summed E-state index contributed by atoms with van der Waals surface area (Å²) in [6.07, 6.45) is 22.7. The third-order valence-electron chi connectivity index (χ3n) is 7.38. The summed E-state index contributed by atoms with van der Waals surface area (Å²) >= 11 is 0. The molecular weight excluding hydrogens is 324 g/mol. The van der Waals surface area contributed by atoms with E-state index < -0.39 is 0 Å². The van der Waals surface area contributed by atoms with E-state index in [1.165, 1.54) is 101 Å². The van der Waals surface area contributed by atoms with Crippen LogP contribution in [-0.4, -0.2) is 0 Å². The van der Waals surface area contributed by atoms with E-state index in [4.69, 9.17) is 0 Å². The largest absolute Gasteiger partial charge is 0.0850 e. The standard InChI is InChI=1S/C27H42/c1-3-4-5-23-10-12-25(13-11-23)16-17-27-20-18-26(19-21-27)15-14-24-8-6-22(2)7-9-24/h6-9,18,23,25,27H,3-5,10-17,19-21H2,1-2H3. The zero-order chi connectivity index (χ0) is 18.9. The minimum absolute atomic E-state index is 0.978. The Balaban J connectivity index is 1.30. The first-order valence-electron chi connectivity index (χ1n) is 12.0. The minimum Gasteiger partial charge on any atom is -0.0850 e. The van der Waals surface area contributed by atoms with E-state index in [1.807, 2.05) is 0 Å². The Kier molecular flexibility index (Phi) is 8.49. The third-order valence-corrected chi connectivity index (χ3v) is 7.38. The van der Waals surface area contributed by atoms with Crippen LogP contribution in [0.5, 0.6) is 0 Å². The number of rotatable bonds is 9. The summed E-state index contributed by atoms with van der Waals surface area (Å²) in [7, 11) is 0. The molecule has 0 amide bonds. The molecule has 0 heterocycles. The fourth-order valence-electron chi connectivity index (χ4n) is 5.26. The van der Waals surface area contributed by atoms with Crippen LogP contribution in [0.25, 0.3) is 0 Å². The summed E-state index contributed by atoms with van der Waals surface area (Å²) in [6.45, 7) is 4.50. The Morgan fingerprint density at radius 2 is 1.44 bits per heavy atom. The van der Waals surface area contributed by atoms with Crippen molar-refractivity contribution < 1.29 is 0 Å². The number of unbranched alkanes of at least 4 members (excludes halogenated alkanes) is 1. The fourth-order valence-corrected chi connectivity index (χ4v) is 5.26. The lowest BCUT2D eigenvalue weighted by molar-refractivity contribution is 0.235. The molecule has 2 aliphatic rings. The topological polar surface area (TPSA) is 0 Å². The molecule has 2 aliphatic carbocycles. The summed E-state index contributed by atoms with van der Waals surface area (Å²) < 4.78 is 0. The van der Waals surface area contributed by atoms with Gasteiger partial charge in [0, 0.05) is 0 Å². The molecule has 1 atom stereocenters. The van der Waals surface area contributed by atoms with Gasteiger partial charge < -0.3 is 0 Å². The molecule has 1 fully saturated rings. The molecule has 0 spiro atoms. The molecule has 0 radical (unpaired) electrons. The molecule has 0 heteroatoms. The van der Waals surface area contributed by atoms with Gasteiger partial charge in [-0.2, -0.15) is 0 Å². The van der Waals surface area contributed by atoms with Crippen LogP contribution in [0.1, 0.15) is 102 Å². The maximum absolute atomic E-state index is 2.60. The second kappa shape index (κ2) is 11.1. The van der Waals surface area contributed by atoms with Crippen molar-refractivity contribution in [3.63, 3.8) is 0 Å².